The molecule has 1 radical (unpaired) electrons. The third-order valence-corrected chi connectivity index (χ3v) is 1.29. The van der Waals surface area contributed by atoms with Gasteiger partial charge in [-0.15, -0.1) is 0 Å². The molecule has 1 aromatic rings. The van der Waals surface area contributed by atoms with Crippen molar-refractivity contribution in [2.24, 2.45) is 0 Å². The molecule has 0 aliphatic rings. The average molecular weight is 291 g/mol. The number of carboxylic acids is 1. The minimum atomic E-state index is -0.984. The molecule has 1 aromatic carbocycles. The van der Waals surface area contributed by atoms with E-state index in [1.165, 1.54) is 24.3 Å². The first kappa shape index (κ1) is 11.7. The van der Waals surface area contributed by atoms with E-state index in [-0.39, 0.29) is 46.9 Å². The Balaban J connectivity index is 0.00000121. The molecule has 1 rings (SSSR count). The topological polar surface area (TPSA) is 54.4 Å². The number of rotatable bonds is 2. The van der Waals surface area contributed by atoms with E-state index in [9.17, 15) is 9.59 Å². The van der Waals surface area contributed by atoms with E-state index in [2.05, 4.69) is 0 Å². The zero-order chi connectivity index (χ0) is 8.27. The summed E-state index contributed by atoms with van der Waals surface area (Å²) in [7, 11) is 0. The quantitative estimate of drug-likeness (QED) is 0.833. The van der Waals surface area contributed by atoms with Crippen LogP contribution in [0.1, 0.15) is 20.7 Å². The van der Waals surface area contributed by atoms with E-state index in [0.717, 1.165) is 0 Å². The van der Waals surface area contributed by atoms with Gasteiger partial charge in [-0.1, -0.05) is 12.1 Å². The number of carbonyl (C=O) groups is 2. The summed E-state index contributed by atoms with van der Waals surface area (Å²) < 4.78 is 0. The molecular weight excluding hydrogens is 285 g/mol. The molecule has 0 spiro atoms. The molecule has 0 atom stereocenters. The van der Waals surface area contributed by atoms with Crippen molar-refractivity contribution >= 4 is 12.3 Å². The first-order valence-corrected chi connectivity index (χ1v) is 3.02. The Morgan fingerprint density at radius 3 is 2.08 bits per heavy atom. The molecule has 4 heteroatoms. The van der Waals surface area contributed by atoms with Gasteiger partial charge in [-0.3, -0.25) is 4.79 Å². The van der Waals surface area contributed by atoms with Crippen molar-refractivity contribution in [3.05, 3.63) is 35.4 Å². The smallest absolute Gasteiger partial charge is 0.335 e. The van der Waals surface area contributed by atoms with Crippen molar-refractivity contribution < 1.29 is 56.0 Å². The monoisotopic (exact) mass is 291 g/mol. The maximum Gasteiger partial charge on any atom is 0.335 e. The van der Waals surface area contributed by atoms with Crippen molar-refractivity contribution in [2.75, 3.05) is 0 Å². The molecule has 0 aliphatic heterocycles. The van der Waals surface area contributed by atoms with Gasteiger partial charge in [0.1, 0.15) is 6.29 Å². The van der Waals surface area contributed by atoms with Crippen LogP contribution in [0.15, 0.2) is 24.3 Å². The first-order chi connectivity index (χ1) is 5.24. The molecule has 0 saturated heterocycles. The zero-order valence-electron chi connectivity index (χ0n) is 6.23. The van der Waals surface area contributed by atoms with Crippen LogP contribution in [0.25, 0.3) is 0 Å². The Morgan fingerprint density at radius 1 is 1.25 bits per heavy atom. The van der Waals surface area contributed by atoms with Gasteiger partial charge >= 0.3 is 5.97 Å². The van der Waals surface area contributed by atoms with Crippen LogP contribution in [-0.2, 0) is 0 Å². The minimum Gasteiger partial charge on any atom is -0.478 e. The van der Waals surface area contributed by atoms with Gasteiger partial charge < -0.3 is 5.11 Å². The molecule has 0 amide bonds. The number of benzene rings is 1. The summed E-state index contributed by atoms with van der Waals surface area (Å²) in [5.74, 6) is -0.984. The van der Waals surface area contributed by atoms with Crippen molar-refractivity contribution in [3.63, 3.8) is 0 Å². The first-order valence-electron chi connectivity index (χ1n) is 3.02. The average Bonchev–Trinajstić information content (AvgIpc) is 2.05. The fourth-order valence-electron chi connectivity index (χ4n) is 0.704. The van der Waals surface area contributed by atoms with E-state index in [1.807, 2.05) is 0 Å². The standard InChI is InChI=1S/C8H6O3.Pr/c9-5-6-1-3-7(4-2-6)8(10)11;/h1-5H,(H,10,11);. The van der Waals surface area contributed by atoms with Crippen molar-refractivity contribution in [1.29, 1.82) is 0 Å². The van der Waals surface area contributed by atoms with Crippen LogP contribution in [0.4, 0.5) is 0 Å². The molecule has 0 aromatic heterocycles. The Hall–Kier alpha value is -0.276. The maximum absolute atomic E-state index is 10.3. The third-order valence-electron chi connectivity index (χ3n) is 1.29. The Kier molecular flexibility index (Phi) is 5.26. The third kappa shape index (κ3) is 2.99. The number of aromatic carboxylic acids is 1. The molecule has 0 bridgehead atoms. The van der Waals surface area contributed by atoms with Gasteiger partial charge in [0.25, 0.3) is 0 Å². The number of carboxylic acid groups (broad SMARTS) is 1. The molecule has 0 unspecified atom stereocenters. The van der Waals surface area contributed by atoms with E-state index in [1.54, 1.807) is 0 Å². The molecule has 12 heavy (non-hydrogen) atoms. The van der Waals surface area contributed by atoms with Crippen LogP contribution in [0, 0.1) is 41.3 Å². The molecular formula is C8H6O3Pr. The maximum atomic E-state index is 10.3. The van der Waals surface area contributed by atoms with Gasteiger partial charge in [0.15, 0.2) is 0 Å². The summed E-state index contributed by atoms with van der Waals surface area (Å²) in [5.41, 5.74) is 0.672. The molecule has 59 valence electrons. The van der Waals surface area contributed by atoms with Crippen LogP contribution in [-0.4, -0.2) is 17.4 Å². The second-order valence-electron chi connectivity index (χ2n) is 2.05. The molecule has 3 nitrogen and oxygen atoms in total. The Morgan fingerprint density at radius 2 is 1.75 bits per heavy atom. The minimum absolute atomic E-state index is 0. The molecule has 0 aliphatic carbocycles. The summed E-state index contributed by atoms with van der Waals surface area (Å²) in [5, 5.41) is 8.46. The number of hydrogen-bond donors (Lipinski definition) is 1. The predicted molar refractivity (Wildman–Crippen MR) is 38.8 cm³/mol. The van der Waals surface area contributed by atoms with Gasteiger partial charge in [0, 0.05) is 46.9 Å². The van der Waals surface area contributed by atoms with E-state index in [4.69, 9.17) is 5.11 Å². The van der Waals surface area contributed by atoms with Crippen molar-refractivity contribution in [3.8, 4) is 0 Å². The van der Waals surface area contributed by atoms with Gasteiger partial charge in [-0.2, -0.15) is 0 Å². The molecule has 0 fully saturated rings. The summed E-state index contributed by atoms with van der Waals surface area (Å²) in [6.07, 6.45) is 0.672. The van der Waals surface area contributed by atoms with E-state index < -0.39 is 5.97 Å². The van der Waals surface area contributed by atoms with Crippen LogP contribution < -0.4 is 0 Å². The normalized spacial score (nSPS) is 8.33. The van der Waals surface area contributed by atoms with E-state index >= 15 is 0 Å². The Labute approximate surface area is 103 Å². The fourth-order valence-corrected chi connectivity index (χ4v) is 0.704. The van der Waals surface area contributed by atoms with Gasteiger partial charge in [-0.05, 0) is 12.1 Å². The fraction of sp³-hybridized carbons (Fsp3) is 0. The summed E-state index contributed by atoms with van der Waals surface area (Å²) in [6, 6.07) is 5.73. The number of aldehydes is 1. The second kappa shape index (κ2) is 5.38. The Bertz CT molecular complexity index is 279. The van der Waals surface area contributed by atoms with Crippen LogP contribution in [0.2, 0.25) is 0 Å². The summed E-state index contributed by atoms with van der Waals surface area (Å²) >= 11 is 0. The van der Waals surface area contributed by atoms with Crippen molar-refractivity contribution in [1.82, 2.24) is 0 Å². The van der Waals surface area contributed by atoms with Crippen LogP contribution in [0.3, 0.4) is 0 Å². The molecule has 0 heterocycles. The van der Waals surface area contributed by atoms with Gasteiger partial charge in [0.2, 0.25) is 0 Å². The molecule has 0 saturated carbocycles. The largest absolute Gasteiger partial charge is 0.478 e. The summed E-state index contributed by atoms with van der Waals surface area (Å²) in [6.45, 7) is 0. The predicted octanol–water partition coefficient (Wildman–Crippen LogP) is 1.20. The zero-order valence-corrected chi connectivity index (χ0v) is 9.93. The van der Waals surface area contributed by atoms with Crippen molar-refractivity contribution in [2.45, 2.75) is 0 Å². The SMILES string of the molecule is O=Cc1ccc(C(=O)O)cc1.[Pr]. The second-order valence-corrected chi connectivity index (χ2v) is 2.05. The van der Waals surface area contributed by atoms with Gasteiger partial charge in [-0.25, -0.2) is 4.79 Å². The van der Waals surface area contributed by atoms with Crippen LogP contribution >= 0.6 is 0 Å². The summed E-state index contributed by atoms with van der Waals surface area (Å²) in [4.78, 5) is 20.5. The molecule has 1 N–H and O–H groups in total. The number of hydrogen-bond acceptors (Lipinski definition) is 2. The van der Waals surface area contributed by atoms with Gasteiger partial charge in [0.05, 0.1) is 5.56 Å². The van der Waals surface area contributed by atoms with Crippen LogP contribution in [0.5, 0.6) is 0 Å². The number of carbonyl (C=O) groups excluding carboxylic acids is 1. The van der Waals surface area contributed by atoms with E-state index in [0.29, 0.717) is 11.8 Å².